The van der Waals surface area contributed by atoms with Gasteiger partial charge in [0.2, 0.25) is 0 Å². The maximum Gasteiger partial charge on any atom is 0.169 e. The van der Waals surface area contributed by atoms with Crippen molar-refractivity contribution in [1.82, 2.24) is 10.2 Å². The lowest BCUT2D eigenvalue weighted by Gasteiger charge is -2.64. The number of hydrogen-bond acceptors (Lipinski definition) is 4. The smallest absolute Gasteiger partial charge is 0.169 e. The van der Waals surface area contributed by atoms with Gasteiger partial charge in [-0.15, -0.1) is 0 Å². The van der Waals surface area contributed by atoms with E-state index in [-0.39, 0.29) is 23.7 Å². The van der Waals surface area contributed by atoms with Crippen LogP contribution in [0.25, 0.3) is 0 Å². The molecule has 4 aliphatic carbocycles. The van der Waals surface area contributed by atoms with Gasteiger partial charge < -0.3 is 25.5 Å². The van der Waals surface area contributed by atoms with Crippen LogP contribution in [0.2, 0.25) is 0 Å². The summed E-state index contributed by atoms with van der Waals surface area (Å²) in [6.07, 6.45) is 10.4. The first-order valence-corrected chi connectivity index (χ1v) is 15.6. The molecule has 12 atom stereocenters. The van der Waals surface area contributed by atoms with Crippen molar-refractivity contribution in [2.24, 2.45) is 52.3 Å². The first-order chi connectivity index (χ1) is 17.1. The Morgan fingerprint density at radius 2 is 1.69 bits per heavy atom. The molecule has 0 aromatic rings. The van der Waals surface area contributed by atoms with Gasteiger partial charge in [-0.2, -0.15) is 0 Å². The quantitative estimate of drug-likeness (QED) is 0.398. The summed E-state index contributed by atoms with van der Waals surface area (Å²) >= 11 is 5.59. The maximum atomic E-state index is 11.9. The standard InChI is InChI=1S/C30H52N2O3S/c1-5-21-25-16-19(33)8-12-30(25,4)24-9-13-29(3)22(6-7-23(29)26(24)27(21)35)18(2)10-14-31-28(36)32-15-11-20(34)17-32/h18-27,33-35H,5-17H2,1-4H3,(H,31,36)/t18-,19-,20+,21-,22-,23+,24+,25+,26+,27-,29-,30-/m1/s1. The molecule has 6 heteroatoms. The third-order valence-corrected chi connectivity index (χ3v) is 12.9. The van der Waals surface area contributed by atoms with Crippen molar-refractivity contribution in [3.63, 3.8) is 0 Å². The van der Waals surface area contributed by atoms with Crippen molar-refractivity contribution < 1.29 is 15.3 Å². The van der Waals surface area contributed by atoms with Crippen LogP contribution in [0.4, 0.5) is 0 Å². The fourth-order valence-corrected chi connectivity index (χ4v) is 10.8. The summed E-state index contributed by atoms with van der Waals surface area (Å²) in [5, 5.41) is 36.5. The van der Waals surface area contributed by atoms with Crippen LogP contribution in [0.3, 0.4) is 0 Å². The molecule has 0 aromatic heterocycles. The van der Waals surface area contributed by atoms with E-state index in [9.17, 15) is 15.3 Å². The average molecular weight is 521 g/mol. The highest BCUT2D eigenvalue weighted by molar-refractivity contribution is 7.80. The highest BCUT2D eigenvalue weighted by atomic mass is 32.1. The molecule has 4 N–H and O–H groups in total. The number of fused-ring (bicyclic) bond motifs is 5. The van der Waals surface area contributed by atoms with E-state index in [0.29, 0.717) is 53.4 Å². The Hall–Kier alpha value is -0.430. The average Bonchev–Trinajstić information content (AvgIpc) is 3.43. The van der Waals surface area contributed by atoms with E-state index >= 15 is 0 Å². The van der Waals surface area contributed by atoms with Crippen LogP contribution in [0.5, 0.6) is 0 Å². The highest BCUT2D eigenvalue weighted by Gasteiger charge is 2.64. The minimum absolute atomic E-state index is 0.177. The van der Waals surface area contributed by atoms with Crippen molar-refractivity contribution in [2.75, 3.05) is 19.6 Å². The Morgan fingerprint density at radius 1 is 0.972 bits per heavy atom. The number of nitrogens with zero attached hydrogens (tertiary/aromatic N) is 1. The largest absolute Gasteiger partial charge is 0.393 e. The van der Waals surface area contributed by atoms with E-state index in [1.165, 1.54) is 25.7 Å². The molecule has 5 fully saturated rings. The van der Waals surface area contributed by atoms with E-state index in [4.69, 9.17) is 12.2 Å². The number of β-amino-alcohol motifs (C(OH)–C–C–N with tert-alkyl or cyclic N) is 1. The molecular weight excluding hydrogens is 468 g/mol. The summed E-state index contributed by atoms with van der Waals surface area (Å²) in [5.41, 5.74) is 0.592. The minimum atomic E-state index is -0.243. The van der Waals surface area contributed by atoms with Gasteiger partial charge in [-0.05, 0) is 122 Å². The van der Waals surface area contributed by atoms with E-state index in [0.717, 1.165) is 56.7 Å². The van der Waals surface area contributed by atoms with Gasteiger partial charge in [0.05, 0.1) is 18.3 Å². The Labute approximate surface area is 224 Å². The van der Waals surface area contributed by atoms with E-state index in [1.807, 2.05) is 0 Å². The van der Waals surface area contributed by atoms with E-state index < -0.39 is 0 Å². The first-order valence-electron chi connectivity index (χ1n) is 15.2. The predicted molar refractivity (Wildman–Crippen MR) is 148 cm³/mol. The van der Waals surface area contributed by atoms with Crippen molar-refractivity contribution >= 4 is 17.3 Å². The highest BCUT2D eigenvalue weighted by Crippen LogP contribution is 2.69. The number of nitrogens with one attached hydrogen (secondary N) is 1. The van der Waals surface area contributed by atoms with E-state index in [2.05, 4.69) is 37.9 Å². The molecule has 0 spiro atoms. The molecule has 0 amide bonds. The van der Waals surface area contributed by atoms with E-state index in [1.54, 1.807) is 0 Å². The van der Waals surface area contributed by atoms with Crippen LogP contribution < -0.4 is 5.32 Å². The summed E-state index contributed by atoms with van der Waals surface area (Å²) < 4.78 is 0. The van der Waals surface area contributed by atoms with Crippen LogP contribution in [0.1, 0.15) is 91.9 Å². The van der Waals surface area contributed by atoms with Gasteiger partial charge >= 0.3 is 0 Å². The molecule has 0 radical (unpaired) electrons. The van der Waals surface area contributed by atoms with Crippen molar-refractivity contribution in [3.8, 4) is 0 Å². The Kier molecular flexibility index (Phi) is 7.75. The first kappa shape index (κ1) is 27.1. The molecule has 0 bridgehead atoms. The van der Waals surface area contributed by atoms with Gasteiger partial charge in [0, 0.05) is 19.6 Å². The Balaban J connectivity index is 1.26. The van der Waals surface area contributed by atoms with Crippen LogP contribution in [-0.2, 0) is 0 Å². The third-order valence-electron chi connectivity index (χ3n) is 12.5. The molecule has 0 aromatic carbocycles. The lowest BCUT2D eigenvalue weighted by atomic mass is 9.41. The lowest BCUT2D eigenvalue weighted by Crippen LogP contribution is -2.62. The summed E-state index contributed by atoms with van der Waals surface area (Å²) in [6, 6.07) is 0. The summed E-state index contributed by atoms with van der Waals surface area (Å²) in [5.74, 6) is 3.79. The normalized spacial score (nSPS) is 49.2. The third kappa shape index (κ3) is 4.44. The molecule has 4 saturated carbocycles. The van der Waals surface area contributed by atoms with Gasteiger partial charge in [0.1, 0.15) is 0 Å². The lowest BCUT2D eigenvalue weighted by molar-refractivity contribution is -0.203. The minimum Gasteiger partial charge on any atom is -0.393 e. The Bertz CT molecular complexity index is 811. The summed E-state index contributed by atoms with van der Waals surface area (Å²) in [4.78, 5) is 2.10. The molecule has 1 heterocycles. The van der Waals surface area contributed by atoms with Crippen molar-refractivity contribution in [3.05, 3.63) is 0 Å². The predicted octanol–water partition coefficient (Wildman–Crippen LogP) is 4.58. The molecule has 5 rings (SSSR count). The number of rotatable bonds is 5. The Morgan fingerprint density at radius 3 is 2.39 bits per heavy atom. The number of hydrogen-bond donors (Lipinski definition) is 4. The van der Waals surface area contributed by atoms with Gasteiger partial charge in [-0.3, -0.25) is 0 Å². The fraction of sp³-hybridized carbons (Fsp3) is 0.967. The molecule has 1 saturated heterocycles. The number of aliphatic hydroxyl groups is 3. The van der Waals surface area contributed by atoms with Gasteiger partial charge in [0.25, 0.3) is 0 Å². The van der Waals surface area contributed by atoms with Gasteiger partial charge in [0.15, 0.2) is 5.11 Å². The molecule has 0 unspecified atom stereocenters. The van der Waals surface area contributed by atoms with Crippen LogP contribution in [0.15, 0.2) is 0 Å². The van der Waals surface area contributed by atoms with Gasteiger partial charge in [-0.1, -0.05) is 34.1 Å². The number of thiocarbonyl (C=S) groups is 1. The second-order valence-electron chi connectivity index (χ2n) is 14.0. The summed E-state index contributed by atoms with van der Waals surface area (Å²) in [6.45, 7) is 12.2. The molecule has 1 aliphatic heterocycles. The van der Waals surface area contributed by atoms with Gasteiger partial charge in [-0.25, -0.2) is 0 Å². The second-order valence-corrected chi connectivity index (χ2v) is 14.4. The van der Waals surface area contributed by atoms with Crippen molar-refractivity contribution in [2.45, 2.75) is 110 Å². The molecule has 36 heavy (non-hydrogen) atoms. The van der Waals surface area contributed by atoms with Crippen LogP contribution >= 0.6 is 12.2 Å². The second kappa shape index (κ2) is 10.3. The summed E-state index contributed by atoms with van der Waals surface area (Å²) in [7, 11) is 0. The number of likely N-dealkylation sites (tertiary alicyclic amines) is 1. The van der Waals surface area contributed by atoms with Crippen LogP contribution in [-0.4, -0.2) is 63.3 Å². The molecule has 5 aliphatic rings. The zero-order valence-electron chi connectivity index (χ0n) is 23.2. The SMILES string of the molecule is CC[C@H]1[C@@H](O)[C@@H]2[C@H](CC[C@]3(C)[C@@H]([C@H](C)CCNC(=S)N4CC[C@H](O)C4)CC[C@@H]23)[C@@]2(C)CC[C@@H](O)C[C@@H]12. The van der Waals surface area contributed by atoms with Crippen LogP contribution in [0, 0.1) is 52.3 Å². The zero-order valence-corrected chi connectivity index (χ0v) is 24.0. The fourth-order valence-electron chi connectivity index (χ4n) is 10.6. The monoisotopic (exact) mass is 520 g/mol. The van der Waals surface area contributed by atoms with Crippen molar-refractivity contribution in [1.29, 1.82) is 0 Å². The molecule has 5 nitrogen and oxygen atoms in total. The zero-order chi connectivity index (χ0) is 25.8. The molecule has 206 valence electrons. The topological polar surface area (TPSA) is 76.0 Å². The maximum absolute atomic E-state index is 11.9. The number of aliphatic hydroxyl groups excluding tert-OH is 3. The molecular formula is C30H52N2O3S.